The molecule has 0 aliphatic carbocycles. The van der Waals surface area contributed by atoms with Crippen molar-refractivity contribution in [1.82, 2.24) is 5.31 Å². The van der Waals surface area contributed by atoms with E-state index in [1.54, 1.807) is 0 Å². The molecule has 7 heteroatoms. The van der Waals surface area contributed by atoms with E-state index in [-0.39, 0.29) is 13.2 Å². The van der Waals surface area contributed by atoms with Gasteiger partial charge < -0.3 is 19.5 Å². The van der Waals surface area contributed by atoms with Crippen LogP contribution in [0.2, 0.25) is 1.41 Å². The summed E-state index contributed by atoms with van der Waals surface area (Å²) in [5.74, 6) is -1.57. The van der Waals surface area contributed by atoms with E-state index < -0.39 is 36.2 Å². The highest BCUT2D eigenvalue weighted by atomic mass is 16.6. The van der Waals surface area contributed by atoms with Crippen molar-refractivity contribution in [3.63, 3.8) is 0 Å². The van der Waals surface area contributed by atoms with Crippen molar-refractivity contribution >= 4 is 17.9 Å². The van der Waals surface area contributed by atoms with Gasteiger partial charge in [-0.3, -0.25) is 14.4 Å². The summed E-state index contributed by atoms with van der Waals surface area (Å²) in [7, 11) is 0. The van der Waals surface area contributed by atoms with Crippen LogP contribution in [0.4, 0.5) is 0 Å². The van der Waals surface area contributed by atoms with Crippen LogP contribution >= 0.6 is 0 Å². The Kier molecular flexibility index (Phi) is 4.52. The SMILES string of the molecule is [2H]N1C[C@H](OC(C)=O)[C@H](OC(C)=O)[C@H]1COC(C)=O. The fourth-order valence-corrected chi connectivity index (χ4v) is 1.71. The van der Waals surface area contributed by atoms with Crippen LogP contribution in [0.15, 0.2) is 0 Å². The van der Waals surface area contributed by atoms with Crippen molar-refractivity contribution in [3.05, 3.63) is 0 Å². The molecule has 0 radical (unpaired) electrons. The molecule has 1 rings (SSSR count). The Morgan fingerprint density at radius 2 is 1.78 bits per heavy atom. The average Bonchev–Trinajstić information content (AvgIpc) is 2.51. The molecule has 0 bridgehead atoms. The fraction of sp³-hybridized carbons (Fsp3) is 0.727. The van der Waals surface area contributed by atoms with Gasteiger partial charge in [0, 0.05) is 27.3 Å². The number of rotatable bonds is 4. The minimum Gasteiger partial charge on any atom is -0.464 e. The molecule has 0 unspecified atom stereocenters. The monoisotopic (exact) mass is 260 g/mol. The highest BCUT2D eigenvalue weighted by molar-refractivity contribution is 5.68. The van der Waals surface area contributed by atoms with Gasteiger partial charge in [-0.05, 0) is 0 Å². The maximum atomic E-state index is 11.1. The lowest BCUT2D eigenvalue weighted by Gasteiger charge is -2.22. The van der Waals surface area contributed by atoms with Gasteiger partial charge in [0.05, 0.1) is 6.04 Å². The zero-order valence-corrected chi connectivity index (χ0v) is 10.5. The third-order valence-corrected chi connectivity index (χ3v) is 2.34. The number of carbonyl (C=O) groups is 3. The first-order valence-corrected chi connectivity index (χ1v) is 5.54. The number of esters is 3. The van der Waals surface area contributed by atoms with Crippen LogP contribution in [-0.4, -0.2) is 49.3 Å². The molecular weight excluding hydrogens is 242 g/mol. The summed E-state index contributed by atoms with van der Waals surface area (Å²) in [5, 5.41) is 1.09. The van der Waals surface area contributed by atoms with Gasteiger partial charge in [0.2, 0.25) is 0 Å². The van der Waals surface area contributed by atoms with Crippen LogP contribution in [0, 0.1) is 0 Å². The summed E-state index contributed by atoms with van der Waals surface area (Å²) in [6.07, 6.45) is -1.56. The molecule has 1 N–H and O–H groups in total. The molecule has 1 fully saturated rings. The van der Waals surface area contributed by atoms with E-state index in [2.05, 4.69) is 0 Å². The molecule has 102 valence electrons. The predicted octanol–water partition coefficient (Wildman–Crippen LogP) is -0.615. The average molecular weight is 260 g/mol. The molecule has 0 saturated carbocycles. The second-order valence-electron chi connectivity index (χ2n) is 3.96. The largest absolute Gasteiger partial charge is 0.464 e. The zero-order chi connectivity index (χ0) is 14.6. The van der Waals surface area contributed by atoms with Gasteiger partial charge in [-0.15, -0.1) is 0 Å². The highest BCUT2D eigenvalue weighted by Crippen LogP contribution is 2.16. The van der Waals surface area contributed by atoms with E-state index in [1.807, 2.05) is 0 Å². The van der Waals surface area contributed by atoms with Crippen molar-refractivity contribution < 1.29 is 30.0 Å². The Labute approximate surface area is 106 Å². The normalized spacial score (nSPS) is 28.4. The number of carbonyl (C=O) groups excluding carboxylic acids is 3. The minimum absolute atomic E-state index is 0.0868. The fourth-order valence-electron chi connectivity index (χ4n) is 1.71. The van der Waals surface area contributed by atoms with Gasteiger partial charge in [-0.25, -0.2) is 0 Å². The van der Waals surface area contributed by atoms with Crippen LogP contribution in [0.1, 0.15) is 20.8 Å². The first-order chi connectivity index (χ1) is 8.81. The number of hydrogen-bond donors (Lipinski definition) is 1. The van der Waals surface area contributed by atoms with Crippen molar-refractivity contribution in [2.24, 2.45) is 0 Å². The smallest absolute Gasteiger partial charge is 0.303 e. The lowest BCUT2D eigenvalue weighted by Crippen LogP contribution is -2.41. The van der Waals surface area contributed by atoms with Crippen molar-refractivity contribution in [2.75, 3.05) is 13.2 Å². The molecule has 0 amide bonds. The van der Waals surface area contributed by atoms with Crippen molar-refractivity contribution in [1.29, 1.82) is 0 Å². The lowest BCUT2D eigenvalue weighted by atomic mass is 10.1. The summed E-state index contributed by atoms with van der Waals surface area (Å²) in [6, 6.07) is -0.655. The molecule has 18 heavy (non-hydrogen) atoms. The maximum absolute atomic E-state index is 11.1. The minimum atomic E-state index is -0.821. The Morgan fingerprint density at radius 1 is 1.17 bits per heavy atom. The Balaban J connectivity index is 2.77. The summed E-state index contributed by atoms with van der Waals surface area (Å²) < 4.78 is 22.7. The van der Waals surface area contributed by atoms with E-state index in [0.29, 0.717) is 0 Å². The standard InChI is InChI=1S/C11H17NO6/c1-6(13)16-5-9-11(18-8(3)15)10(4-12-9)17-7(2)14/h9-12H,4-5H2,1-3H3/t9-,10+,11-/m1/s1/i/hD. The number of nitrogens with one attached hydrogen (secondary N) is 1. The molecule has 1 saturated heterocycles. The van der Waals surface area contributed by atoms with Crippen LogP contribution < -0.4 is 5.31 Å². The predicted molar refractivity (Wildman–Crippen MR) is 59.5 cm³/mol. The molecule has 1 heterocycles. The summed E-state index contributed by atoms with van der Waals surface area (Å²) in [6.45, 7) is 3.68. The summed E-state index contributed by atoms with van der Waals surface area (Å²) in [4.78, 5) is 32.9. The van der Waals surface area contributed by atoms with E-state index in [0.717, 1.165) is 5.31 Å². The Morgan fingerprint density at radius 3 is 2.28 bits per heavy atom. The number of ether oxygens (including phenoxy) is 3. The van der Waals surface area contributed by atoms with Crippen molar-refractivity contribution in [3.8, 4) is 0 Å². The summed E-state index contributed by atoms with van der Waals surface area (Å²) >= 11 is 0. The van der Waals surface area contributed by atoms with Crippen LogP contribution in [0.25, 0.3) is 0 Å². The topological polar surface area (TPSA) is 90.9 Å². The van der Waals surface area contributed by atoms with Gasteiger partial charge >= 0.3 is 17.9 Å². The molecule has 0 aromatic rings. The van der Waals surface area contributed by atoms with Crippen LogP contribution in [0.5, 0.6) is 0 Å². The first-order valence-electron chi connectivity index (χ1n) is 5.99. The molecule has 0 spiro atoms. The number of hydrogen-bond acceptors (Lipinski definition) is 7. The van der Waals surface area contributed by atoms with Gasteiger partial charge in [-0.1, -0.05) is 0 Å². The third kappa shape index (κ3) is 4.33. The van der Waals surface area contributed by atoms with Crippen LogP contribution in [0.3, 0.4) is 0 Å². The van der Waals surface area contributed by atoms with E-state index >= 15 is 0 Å². The highest BCUT2D eigenvalue weighted by Gasteiger charge is 2.41. The Bertz CT molecular complexity index is 374. The first kappa shape index (κ1) is 12.8. The molecule has 0 aromatic heterocycles. The third-order valence-electron chi connectivity index (χ3n) is 2.34. The molecule has 0 aromatic carbocycles. The second-order valence-corrected chi connectivity index (χ2v) is 3.96. The van der Waals surface area contributed by atoms with Crippen LogP contribution in [-0.2, 0) is 28.6 Å². The quantitative estimate of drug-likeness (QED) is 0.532. The molecule has 3 atom stereocenters. The molecular formula is C11H17NO6. The van der Waals surface area contributed by atoms with Gasteiger partial charge in [-0.2, -0.15) is 0 Å². The summed E-state index contributed by atoms with van der Waals surface area (Å²) in [5.41, 5.74) is 0. The van der Waals surface area contributed by atoms with E-state index in [4.69, 9.17) is 15.6 Å². The van der Waals surface area contributed by atoms with Gasteiger partial charge in [0.1, 0.15) is 8.02 Å². The molecule has 7 nitrogen and oxygen atoms in total. The molecule has 1 aliphatic heterocycles. The Hall–Kier alpha value is -1.63. The van der Waals surface area contributed by atoms with Gasteiger partial charge in [0.25, 0.3) is 0 Å². The molecule has 1 aliphatic rings. The van der Waals surface area contributed by atoms with Gasteiger partial charge in [0.15, 0.2) is 12.2 Å². The second kappa shape index (κ2) is 6.34. The lowest BCUT2D eigenvalue weighted by molar-refractivity contribution is -0.164. The zero-order valence-electron chi connectivity index (χ0n) is 11.5. The maximum Gasteiger partial charge on any atom is 0.303 e. The van der Waals surface area contributed by atoms with Crippen molar-refractivity contribution in [2.45, 2.75) is 39.0 Å². The van der Waals surface area contributed by atoms with E-state index in [9.17, 15) is 14.4 Å². The van der Waals surface area contributed by atoms with E-state index in [1.165, 1.54) is 20.8 Å².